The molecule has 0 radical (unpaired) electrons. The Morgan fingerprint density at radius 3 is 2.30 bits per heavy atom. The van der Waals surface area contributed by atoms with Gasteiger partial charge in [-0.05, 0) is 26.8 Å². The molecule has 0 aromatic rings. The normalized spacial score (nSPS) is 53.9. The number of aliphatic hydroxyl groups is 2. The molecule has 4 heteroatoms. The number of rotatable bonds is 0. The first-order chi connectivity index (χ1) is 9.04. The van der Waals surface area contributed by atoms with Gasteiger partial charge >= 0.3 is 0 Å². The lowest BCUT2D eigenvalue weighted by atomic mass is 9.42. The van der Waals surface area contributed by atoms with Gasteiger partial charge in [0.1, 0.15) is 11.2 Å². The van der Waals surface area contributed by atoms with Crippen LogP contribution in [0.5, 0.6) is 0 Å². The van der Waals surface area contributed by atoms with Gasteiger partial charge in [0.05, 0.1) is 0 Å². The van der Waals surface area contributed by atoms with Crippen LogP contribution in [0.15, 0.2) is 23.8 Å². The maximum atomic E-state index is 12.5. The number of carbonyl (C=O) groups excluding carboxylic acids is 2. The molecule has 6 unspecified atom stereocenters. The molecule has 4 aliphatic rings. The second-order valence-electron chi connectivity index (χ2n) is 7.07. The van der Waals surface area contributed by atoms with Crippen molar-refractivity contribution in [1.82, 2.24) is 0 Å². The fraction of sp³-hybridized carbons (Fsp3) is 0.625. The minimum absolute atomic E-state index is 0.221. The zero-order valence-electron chi connectivity index (χ0n) is 12.2. The van der Waals surface area contributed by atoms with Crippen LogP contribution in [0.2, 0.25) is 0 Å². The first-order valence-electron chi connectivity index (χ1n) is 6.95. The molecule has 4 aliphatic carbocycles. The van der Waals surface area contributed by atoms with Crippen LogP contribution in [0.25, 0.3) is 0 Å². The maximum Gasteiger partial charge on any atom is 0.186 e. The number of ketones is 2. The quantitative estimate of drug-likeness (QED) is 0.648. The van der Waals surface area contributed by atoms with Gasteiger partial charge in [-0.2, -0.15) is 0 Å². The van der Waals surface area contributed by atoms with Gasteiger partial charge in [-0.3, -0.25) is 9.59 Å². The Kier molecular flexibility index (Phi) is 2.39. The lowest BCUT2D eigenvalue weighted by Crippen LogP contribution is -2.70. The van der Waals surface area contributed by atoms with Crippen LogP contribution >= 0.6 is 0 Å². The summed E-state index contributed by atoms with van der Waals surface area (Å²) in [5, 5.41) is 21.3. The lowest BCUT2D eigenvalue weighted by molar-refractivity contribution is -0.189. The summed E-state index contributed by atoms with van der Waals surface area (Å²) >= 11 is 0. The summed E-state index contributed by atoms with van der Waals surface area (Å²) in [6.45, 7) is 6.75. The molecule has 0 amide bonds. The minimum Gasteiger partial charge on any atom is -0.382 e. The Balaban J connectivity index is 2.30. The summed E-state index contributed by atoms with van der Waals surface area (Å²) in [5.41, 5.74) is -2.83. The molecule has 0 heterocycles. The standard InChI is InChI=1S/C16H20O4/c1-8-7-9-13(18)16(4,20)11(8)12-14(9,2)6-5-10(17)15(12,3)19/h5-7,9,11-12,19-20H,1-4H3. The second-order valence-corrected chi connectivity index (χ2v) is 7.07. The van der Waals surface area contributed by atoms with Crippen molar-refractivity contribution in [2.45, 2.75) is 38.9 Å². The summed E-state index contributed by atoms with van der Waals surface area (Å²) in [4.78, 5) is 24.6. The number of carbonyl (C=O) groups is 2. The summed E-state index contributed by atoms with van der Waals surface area (Å²) < 4.78 is 0. The third kappa shape index (κ3) is 1.29. The molecule has 6 atom stereocenters. The predicted octanol–water partition coefficient (Wildman–Crippen LogP) is 1.02. The summed E-state index contributed by atoms with van der Waals surface area (Å²) in [6.07, 6.45) is 5.01. The number of hydrogen-bond donors (Lipinski definition) is 2. The highest BCUT2D eigenvalue weighted by molar-refractivity contribution is 6.01. The molecular formula is C16H20O4. The van der Waals surface area contributed by atoms with Gasteiger partial charge < -0.3 is 10.2 Å². The van der Waals surface area contributed by atoms with Gasteiger partial charge in [0.15, 0.2) is 11.6 Å². The SMILES string of the molecule is CC1=CC2C(=O)C(C)(O)C1C1C(C)(O)C(=O)C=CC21C. The molecule has 1 saturated carbocycles. The summed E-state index contributed by atoms with van der Waals surface area (Å²) in [7, 11) is 0. The van der Waals surface area contributed by atoms with Gasteiger partial charge in [0.25, 0.3) is 0 Å². The van der Waals surface area contributed by atoms with Gasteiger partial charge in [-0.15, -0.1) is 0 Å². The van der Waals surface area contributed by atoms with E-state index in [1.807, 2.05) is 19.9 Å². The van der Waals surface area contributed by atoms with Crippen molar-refractivity contribution < 1.29 is 19.8 Å². The third-order valence-electron chi connectivity index (χ3n) is 5.68. The fourth-order valence-corrected chi connectivity index (χ4v) is 4.67. The zero-order chi connectivity index (χ0) is 15.1. The monoisotopic (exact) mass is 276 g/mol. The lowest BCUT2D eigenvalue weighted by Gasteiger charge is -2.61. The van der Waals surface area contributed by atoms with E-state index in [9.17, 15) is 19.8 Å². The third-order valence-corrected chi connectivity index (χ3v) is 5.68. The highest BCUT2D eigenvalue weighted by Crippen LogP contribution is 2.62. The van der Waals surface area contributed by atoms with E-state index in [1.54, 1.807) is 6.08 Å². The largest absolute Gasteiger partial charge is 0.382 e. The first kappa shape index (κ1) is 13.7. The molecule has 0 saturated heterocycles. The van der Waals surface area contributed by atoms with Crippen LogP contribution < -0.4 is 0 Å². The summed E-state index contributed by atoms with van der Waals surface area (Å²) in [6, 6.07) is 0. The number of hydrogen-bond acceptors (Lipinski definition) is 4. The molecule has 1 fully saturated rings. The molecule has 4 rings (SSSR count). The maximum absolute atomic E-state index is 12.5. The molecule has 2 N–H and O–H groups in total. The van der Waals surface area contributed by atoms with Crippen LogP contribution in [0, 0.1) is 23.2 Å². The van der Waals surface area contributed by atoms with Crippen molar-refractivity contribution >= 4 is 11.6 Å². The van der Waals surface area contributed by atoms with E-state index in [-0.39, 0.29) is 11.6 Å². The van der Waals surface area contributed by atoms with E-state index >= 15 is 0 Å². The minimum atomic E-state index is -1.56. The van der Waals surface area contributed by atoms with Crippen LogP contribution in [0.3, 0.4) is 0 Å². The van der Waals surface area contributed by atoms with Crippen molar-refractivity contribution in [3.05, 3.63) is 23.8 Å². The first-order valence-corrected chi connectivity index (χ1v) is 6.95. The Bertz CT molecular complexity index is 581. The Morgan fingerprint density at radius 1 is 1.10 bits per heavy atom. The number of fused-ring (bicyclic) bond motifs is 1. The van der Waals surface area contributed by atoms with Gasteiger partial charge in [-0.1, -0.05) is 24.6 Å². The van der Waals surface area contributed by atoms with E-state index in [0.29, 0.717) is 0 Å². The Hall–Kier alpha value is -1.26. The van der Waals surface area contributed by atoms with Crippen LogP contribution in [0.1, 0.15) is 27.7 Å². The molecule has 0 aliphatic heterocycles. The molecule has 4 nitrogen and oxygen atoms in total. The topological polar surface area (TPSA) is 74.6 Å². The predicted molar refractivity (Wildman–Crippen MR) is 72.7 cm³/mol. The molecule has 108 valence electrons. The average molecular weight is 276 g/mol. The van der Waals surface area contributed by atoms with E-state index in [2.05, 4.69) is 0 Å². The van der Waals surface area contributed by atoms with Crippen molar-refractivity contribution in [1.29, 1.82) is 0 Å². The van der Waals surface area contributed by atoms with E-state index < -0.39 is 34.4 Å². The van der Waals surface area contributed by atoms with Gasteiger partial charge in [-0.25, -0.2) is 0 Å². The smallest absolute Gasteiger partial charge is 0.186 e. The second kappa shape index (κ2) is 3.49. The van der Waals surface area contributed by atoms with Crippen molar-refractivity contribution in [2.24, 2.45) is 23.2 Å². The molecule has 0 spiro atoms. The van der Waals surface area contributed by atoms with Crippen LogP contribution in [-0.4, -0.2) is 33.0 Å². The molecule has 20 heavy (non-hydrogen) atoms. The number of allylic oxidation sites excluding steroid dienone is 2. The van der Waals surface area contributed by atoms with Gasteiger partial charge in [0, 0.05) is 23.2 Å². The van der Waals surface area contributed by atoms with E-state index in [4.69, 9.17) is 0 Å². The Morgan fingerprint density at radius 2 is 1.70 bits per heavy atom. The fourth-order valence-electron chi connectivity index (χ4n) is 4.67. The molecule has 0 aromatic heterocycles. The molecule has 0 aromatic carbocycles. The van der Waals surface area contributed by atoms with Crippen molar-refractivity contribution in [3.63, 3.8) is 0 Å². The van der Waals surface area contributed by atoms with Crippen LogP contribution in [-0.2, 0) is 9.59 Å². The Labute approximate surface area is 118 Å². The average Bonchev–Trinajstić information content (AvgIpc) is 2.33. The zero-order valence-corrected chi connectivity index (χ0v) is 12.2. The van der Waals surface area contributed by atoms with E-state index in [1.165, 1.54) is 19.9 Å². The van der Waals surface area contributed by atoms with Crippen LogP contribution in [0.4, 0.5) is 0 Å². The van der Waals surface area contributed by atoms with Gasteiger partial charge in [0.2, 0.25) is 0 Å². The number of Topliss-reactive ketones (excluding diaryl/α,β-unsaturated/α-hetero) is 1. The molecule has 2 bridgehead atoms. The van der Waals surface area contributed by atoms with E-state index in [0.717, 1.165) is 5.57 Å². The molecular weight excluding hydrogens is 256 g/mol. The summed E-state index contributed by atoms with van der Waals surface area (Å²) in [5.74, 6) is -2.10. The van der Waals surface area contributed by atoms with Crippen molar-refractivity contribution in [3.8, 4) is 0 Å². The highest BCUT2D eigenvalue weighted by Gasteiger charge is 2.68. The highest BCUT2D eigenvalue weighted by atomic mass is 16.3. The van der Waals surface area contributed by atoms with Crippen molar-refractivity contribution in [2.75, 3.05) is 0 Å².